The number of piperidine rings is 1. The quantitative estimate of drug-likeness (QED) is 0.663. The van der Waals surface area contributed by atoms with E-state index in [4.69, 9.17) is 10.5 Å². The van der Waals surface area contributed by atoms with Crippen molar-refractivity contribution < 1.29 is 4.74 Å². The van der Waals surface area contributed by atoms with Gasteiger partial charge in [0.25, 0.3) is 0 Å². The average molecular weight is 172 g/mol. The van der Waals surface area contributed by atoms with E-state index in [1.54, 1.807) is 7.11 Å². The molecule has 1 atom stereocenters. The van der Waals surface area contributed by atoms with E-state index in [-0.39, 0.29) is 0 Å². The van der Waals surface area contributed by atoms with Gasteiger partial charge < -0.3 is 15.4 Å². The number of rotatable bonds is 4. The minimum atomic E-state index is 0.718. The van der Waals surface area contributed by atoms with Crippen LogP contribution in [-0.2, 0) is 4.74 Å². The van der Waals surface area contributed by atoms with Gasteiger partial charge >= 0.3 is 0 Å². The first-order valence-corrected chi connectivity index (χ1v) is 4.78. The van der Waals surface area contributed by atoms with Gasteiger partial charge in [0.05, 0.1) is 6.61 Å². The van der Waals surface area contributed by atoms with E-state index in [0.717, 1.165) is 25.6 Å². The Bertz CT molecular complexity index is 119. The first kappa shape index (κ1) is 9.96. The van der Waals surface area contributed by atoms with Crippen molar-refractivity contribution in [1.29, 1.82) is 0 Å². The van der Waals surface area contributed by atoms with E-state index in [1.165, 1.54) is 25.9 Å². The normalized spacial score (nSPS) is 26.0. The lowest BCUT2D eigenvalue weighted by Crippen LogP contribution is -2.39. The standard InChI is InChI=1S/C9H20N2O/c1-12-6-5-11-4-2-3-9(7-10)8-11/h9H,2-8,10H2,1H3. The van der Waals surface area contributed by atoms with Crippen LogP contribution in [0.2, 0.25) is 0 Å². The van der Waals surface area contributed by atoms with Gasteiger partial charge in [-0.15, -0.1) is 0 Å². The van der Waals surface area contributed by atoms with Gasteiger partial charge in [0.1, 0.15) is 0 Å². The van der Waals surface area contributed by atoms with Crippen LogP contribution in [-0.4, -0.2) is 44.8 Å². The Morgan fingerprint density at radius 1 is 1.58 bits per heavy atom. The van der Waals surface area contributed by atoms with Crippen LogP contribution in [0.1, 0.15) is 12.8 Å². The second-order valence-electron chi connectivity index (χ2n) is 3.54. The summed E-state index contributed by atoms with van der Waals surface area (Å²) in [5.41, 5.74) is 5.64. The van der Waals surface area contributed by atoms with Crippen LogP contribution in [0.5, 0.6) is 0 Å². The summed E-state index contributed by atoms with van der Waals surface area (Å²) in [6.45, 7) is 5.13. The molecule has 0 spiro atoms. The van der Waals surface area contributed by atoms with Crippen LogP contribution in [0.4, 0.5) is 0 Å². The van der Waals surface area contributed by atoms with Crippen molar-refractivity contribution in [3.05, 3.63) is 0 Å². The number of hydrogen-bond acceptors (Lipinski definition) is 3. The van der Waals surface area contributed by atoms with E-state index in [0.29, 0.717) is 0 Å². The first-order chi connectivity index (χ1) is 5.86. The number of methoxy groups -OCH3 is 1. The van der Waals surface area contributed by atoms with E-state index in [2.05, 4.69) is 4.90 Å². The fourth-order valence-corrected chi connectivity index (χ4v) is 1.77. The van der Waals surface area contributed by atoms with Crippen LogP contribution in [0.3, 0.4) is 0 Å². The van der Waals surface area contributed by atoms with E-state index in [9.17, 15) is 0 Å². The van der Waals surface area contributed by atoms with Crippen molar-refractivity contribution in [2.75, 3.05) is 39.9 Å². The second kappa shape index (κ2) is 5.51. The monoisotopic (exact) mass is 172 g/mol. The molecule has 0 saturated carbocycles. The van der Waals surface area contributed by atoms with Gasteiger partial charge in [0.2, 0.25) is 0 Å². The highest BCUT2D eigenvalue weighted by Gasteiger charge is 2.17. The van der Waals surface area contributed by atoms with Crippen LogP contribution < -0.4 is 5.73 Å². The van der Waals surface area contributed by atoms with Gasteiger partial charge in [0, 0.05) is 20.2 Å². The molecular formula is C9H20N2O. The fourth-order valence-electron chi connectivity index (χ4n) is 1.77. The number of ether oxygens (including phenoxy) is 1. The predicted molar refractivity (Wildman–Crippen MR) is 50.1 cm³/mol. The van der Waals surface area contributed by atoms with E-state index < -0.39 is 0 Å². The minimum absolute atomic E-state index is 0.718. The summed E-state index contributed by atoms with van der Waals surface area (Å²) in [7, 11) is 1.75. The Hall–Kier alpha value is -0.120. The Kier molecular flexibility index (Phi) is 4.58. The molecule has 0 radical (unpaired) electrons. The number of hydrogen-bond donors (Lipinski definition) is 1. The molecule has 12 heavy (non-hydrogen) atoms. The van der Waals surface area contributed by atoms with Gasteiger partial charge in [-0.25, -0.2) is 0 Å². The maximum Gasteiger partial charge on any atom is 0.0589 e. The summed E-state index contributed by atoms with van der Waals surface area (Å²) >= 11 is 0. The van der Waals surface area contributed by atoms with Crippen molar-refractivity contribution in [1.82, 2.24) is 4.90 Å². The maximum absolute atomic E-state index is 5.64. The van der Waals surface area contributed by atoms with Crippen molar-refractivity contribution in [3.63, 3.8) is 0 Å². The summed E-state index contributed by atoms with van der Waals surface area (Å²) in [6, 6.07) is 0. The summed E-state index contributed by atoms with van der Waals surface area (Å²) in [6.07, 6.45) is 2.60. The number of nitrogens with two attached hydrogens (primary N) is 1. The zero-order valence-corrected chi connectivity index (χ0v) is 7.96. The third-order valence-corrected chi connectivity index (χ3v) is 2.55. The SMILES string of the molecule is COCCN1CCCC(CN)C1. The summed E-state index contributed by atoms with van der Waals surface area (Å²) < 4.78 is 5.04. The molecule has 1 aliphatic heterocycles. The van der Waals surface area contributed by atoms with Crippen molar-refractivity contribution in [3.8, 4) is 0 Å². The highest BCUT2D eigenvalue weighted by atomic mass is 16.5. The summed E-state index contributed by atoms with van der Waals surface area (Å²) in [5.74, 6) is 0.718. The minimum Gasteiger partial charge on any atom is -0.383 e. The Morgan fingerprint density at radius 3 is 3.08 bits per heavy atom. The zero-order chi connectivity index (χ0) is 8.81. The number of nitrogens with zero attached hydrogens (tertiary/aromatic N) is 1. The van der Waals surface area contributed by atoms with Crippen molar-refractivity contribution >= 4 is 0 Å². The summed E-state index contributed by atoms with van der Waals surface area (Å²) in [4.78, 5) is 2.45. The highest BCUT2D eigenvalue weighted by molar-refractivity contribution is 4.72. The molecule has 0 aromatic carbocycles. The molecule has 0 aromatic heterocycles. The van der Waals surface area contributed by atoms with Gasteiger partial charge in [0.15, 0.2) is 0 Å². The lowest BCUT2D eigenvalue weighted by Gasteiger charge is -2.31. The lowest BCUT2D eigenvalue weighted by molar-refractivity contribution is 0.116. The molecule has 0 aliphatic carbocycles. The topological polar surface area (TPSA) is 38.5 Å². The van der Waals surface area contributed by atoms with Crippen molar-refractivity contribution in [2.24, 2.45) is 11.7 Å². The molecule has 3 heteroatoms. The second-order valence-corrected chi connectivity index (χ2v) is 3.54. The lowest BCUT2D eigenvalue weighted by atomic mass is 9.98. The molecule has 1 saturated heterocycles. The zero-order valence-electron chi connectivity index (χ0n) is 7.96. The molecule has 2 N–H and O–H groups in total. The van der Waals surface area contributed by atoms with Crippen LogP contribution in [0.15, 0.2) is 0 Å². The van der Waals surface area contributed by atoms with E-state index in [1.807, 2.05) is 0 Å². The van der Waals surface area contributed by atoms with Crippen LogP contribution in [0, 0.1) is 5.92 Å². The molecular weight excluding hydrogens is 152 g/mol. The van der Waals surface area contributed by atoms with Gasteiger partial charge in [-0.3, -0.25) is 0 Å². The van der Waals surface area contributed by atoms with Gasteiger partial charge in [-0.1, -0.05) is 0 Å². The highest BCUT2D eigenvalue weighted by Crippen LogP contribution is 2.14. The number of likely N-dealkylation sites (tertiary alicyclic amines) is 1. The fraction of sp³-hybridized carbons (Fsp3) is 1.00. The van der Waals surface area contributed by atoms with Gasteiger partial charge in [-0.2, -0.15) is 0 Å². The average Bonchev–Trinajstić information content (AvgIpc) is 2.15. The molecule has 0 bridgehead atoms. The molecule has 1 rings (SSSR count). The molecule has 1 heterocycles. The predicted octanol–water partition coefficient (Wildman–Crippen LogP) is 0.304. The first-order valence-electron chi connectivity index (χ1n) is 4.78. The molecule has 0 amide bonds. The van der Waals surface area contributed by atoms with E-state index >= 15 is 0 Å². The summed E-state index contributed by atoms with van der Waals surface area (Å²) in [5, 5.41) is 0. The molecule has 0 aromatic rings. The Labute approximate surface area is 74.9 Å². The Balaban J connectivity index is 2.16. The third-order valence-electron chi connectivity index (χ3n) is 2.55. The third kappa shape index (κ3) is 3.09. The molecule has 1 fully saturated rings. The van der Waals surface area contributed by atoms with Crippen LogP contribution in [0.25, 0.3) is 0 Å². The largest absolute Gasteiger partial charge is 0.383 e. The van der Waals surface area contributed by atoms with Crippen LogP contribution >= 0.6 is 0 Å². The van der Waals surface area contributed by atoms with Crippen molar-refractivity contribution in [2.45, 2.75) is 12.8 Å². The Morgan fingerprint density at radius 2 is 2.42 bits per heavy atom. The molecule has 1 aliphatic rings. The molecule has 72 valence electrons. The van der Waals surface area contributed by atoms with Gasteiger partial charge in [-0.05, 0) is 31.8 Å². The molecule has 1 unspecified atom stereocenters. The molecule has 3 nitrogen and oxygen atoms in total. The maximum atomic E-state index is 5.64. The smallest absolute Gasteiger partial charge is 0.0589 e.